The number of rotatable bonds is 4. The van der Waals surface area contributed by atoms with E-state index in [9.17, 15) is 12.8 Å². The van der Waals surface area contributed by atoms with Gasteiger partial charge in [-0.15, -0.1) is 5.10 Å². The van der Waals surface area contributed by atoms with Crippen LogP contribution >= 0.6 is 27.5 Å². The molecular weight excluding hydrogens is 559 g/mol. The fraction of sp³-hybridized carbons (Fsp3) is 0.261. The normalized spacial score (nSPS) is 17.3. The fourth-order valence-corrected chi connectivity index (χ4v) is 6.48. The Labute approximate surface area is 214 Å². The second kappa shape index (κ2) is 8.14. The summed E-state index contributed by atoms with van der Waals surface area (Å²) in [6.07, 6.45) is 4.14. The molecule has 0 bridgehead atoms. The highest BCUT2D eigenvalue weighted by Gasteiger charge is 2.53. The first-order valence-electron chi connectivity index (χ1n) is 11.0. The summed E-state index contributed by atoms with van der Waals surface area (Å²) in [6, 6.07) is 11.6. The molecule has 4 aromatic rings. The van der Waals surface area contributed by atoms with Gasteiger partial charge in [0.15, 0.2) is 11.6 Å². The minimum atomic E-state index is -3.96. The summed E-state index contributed by atoms with van der Waals surface area (Å²) in [6.45, 7) is 1.76. The van der Waals surface area contributed by atoms with Crippen molar-refractivity contribution in [1.29, 1.82) is 0 Å². The Morgan fingerprint density at radius 1 is 1.03 bits per heavy atom. The first-order chi connectivity index (χ1) is 16.8. The standard InChI is InChI=1S/C23H19BrClFN6O2S/c24-15-4-6-17(7-5-15)35(33,34)32-19-3-1-2-18(25)20(19)21(29-32)31-11-10-30(14-23(31)8-9-23)22-27-12-16(26)13-28-22/h1-7,12-13H,8-11,14H2. The van der Waals surface area contributed by atoms with Gasteiger partial charge in [0.2, 0.25) is 5.95 Å². The van der Waals surface area contributed by atoms with Gasteiger partial charge in [0, 0.05) is 24.1 Å². The highest BCUT2D eigenvalue weighted by atomic mass is 79.9. The molecule has 0 atom stereocenters. The minimum Gasteiger partial charge on any atom is -0.345 e. The van der Waals surface area contributed by atoms with E-state index in [0.717, 1.165) is 33.8 Å². The number of fused-ring (bicyclic) bond motifs is 1. The van der Waals surface area contributed by atoms with Crippen molar-refractivity contribution in [3.63, 3.8) is 0 Å². The van der Waals surface area contributed by atoms with Gasteiger partial charge in [0.05, 0.1) is 38.8 Å². The molecule has 1 saturated carbocycles. The zero-order valence-electron chi connectivity index (χ0n) is 18.3. The van der Waals surface area contributed by atoms with Gasteiger partial charge in [0.1, 0.15) is 0 Å². The van der Waals surface area contributed by atoms with E-state index in [1.807, 2.05) is 4.90 Å². The van der Waals surface area contributed by atoms with Crippen LogP contribution in [0.4, 0.5) is 16.2 Å². The molecule has 12 heteroatoms. The van der Waals surface area contributed by atoms with Gasteiger partial charge < -0.3 is 9.80 Å². The molecule has 0 amide bonds. The summed E-state index contributed by atoms with van der Waals surface area (Å²) >= 11 is 9.96. The smallest absolute Gasteiger partial charge is 0.283 e. The van der Waals surface area contributed by atoms with Gasteiger partial charge in [-0.1, -0.05) is 33.6 Å². The molecular formula is C23H19BrClFN6O2S. The quantitative estimate of drug-likeness (QED) is 0.354. The summed E-state index contributed by atoms with van der Waals surface area (Å²) in [4.78, 5) is 12.6. The van der Waals surface area contributed by atoms with Crippen LogP contribution in [0.25, 0.3) is 10.9 Å². The largest absolute Gasteiger partial charge is 0.345 e. The van der Waals surface area contributed by atoms with Gasteiger partial charge in [-0.2, -0.15) is 12.5 Å². The Morgan fingerprint density at radius 2 is 1.74 bits per heavy atom. The summed E-state index contributed by atoms with van der Waals surface area (Å²) in [5.41, 5.74) is 0.179. The average molecular weight is 578 g/mol. The number of halogens is 3. The van der Waals surface area contributed by atoms with Crippen molar-refractivity contribution in [3.8, 4) is 0 Å². The first kappa shape index (κ1) is 22.7. The third-order valence-electron chi connectivity index (χ3n) is 6.57. The van der Waals surface area contributed by atoms with E-state index >= 15 is 0 Å². The summed E-state index contributed by atoms with van der Waals surface area (Å²) in [5.74, 6) is 0.541. The van der Waals surface area contributed by atoms with Crippen LogP contribution in [0.3, 0.4) is 0 Å². The third kappa shape index (κ3) is 3.76. The van der Waals surface area contributed by atoms with Gasteiger partial charge in [-0.3, -0.25) is 0 Å². The molecule has 1 aliphatic carbocycles. The molecule has 2 aliphatic rings. The van der Waals surface area contributed by atoms with Crippen molar-refractivity contribution in [3.05, 3.63) is 70.2 Å². The molecule has 0 unspecified atom stereocenters. The monoisotopic (exact) mass is 576 g/mol. The molecule has 180 valence electrons. The van der Waals surface area contributed by atoms with E-state index in [4.69, 9.17) is 11.6 Å². The van der Waals surface area contributed by atoms with Crippen molar-refractivity contribution in [2.45, 2.75) is 23.3 Å². The predicted octanol–water partition coefficient (Wildman–Crippen LogP) is 4.48. The van der Waals surface area contributed by atoms with Gasteiger partial charge >= 0.3 is 0 Å². The molecule has 1 saturated heterocycles. The summed E-state index contributed by atoms with van der Waals surface area (Å²) < 4.78 is 42.3. The fourth-order valence-electron chi connectivity index (χ4n) is 4.68. The maximum absolute atomic E-state index is 13.6. The lowest BCUT2D eigenvalue weighted by Crippen LogP contribution is -2.56. The van der Waals surface area contributed by atoms with Crippen molar-refractivity contribution in [2.75, 3.05) is 29.4 Å². The van der Waals surface area contributed by atoms with Crippen LogP contribution in [0.1, 0.15) is 12.8 Å². The highest BCUT2D eigenvalue weighted by molar-refractivity contribution is 9.10. The number of anilines is 2. The average Bonchev–Trinajstić information content (AvgIpc) is 3.48. The van der Waals surface area contributed by atoms with Crippen molar-refractivity contribution >= 4 is 60.2 Å². The van der Waals surface area contributed by atoms with Gasteiger partial charge in [-0.05, 0) is 49.2 Å². The number of aromatic nitrogens is 4. The molecule has 0 N–H and O–H groups in total. The molecule has 1 aliphatic heterocycles. The number of nitrogens with zero attached hydrogens (tertiary/aromatic N) is 6. The molecule has 2 aromatic carbocycles. The topological polar surface area (TPSA) is 84.2 Å². The molecule has 3 heterocycles. The van der Waals surface area contributed by atoms with Crippen molar-refractivity contribution in [1.82, 2.24) is 19.2 Å². The van der Waals surface area contributed by atoms with Gasteiger partial charge in [-0.25, -0.2) is 14.4 Å². The summed E-state index contributed by atoms with van der Waals surface area (Å²) in [7, 11) is -3.96. The van der Waals surface area contributed by atoms with E-state index in [1.54, 1.807) is 42.5 Å². The SMILES string of the molecule is O=S(=O)(c1ccc(Br)cc1)n1nc(N2CCN(c3ncc(F)cn3)CC23CC3)c2c(Cl)cccc21. The van der Waals surface area contributed by atoms with Crippen LogP contribution in [-0.4, -0.2) is 52.7 Å². The minimum absolute atomic E-state index is 0.135. The van der Waals surface area contributed by atoms with Crippen LogP contribution in [0.15, 0.2) is 64.2 Å². The molecule has 2 fully saturated rings. The van der Waals surface area contributed by atoms with E-state index < -0.39 is 15.8 Å². The molecule has 6 rings (SSSR count). The lowest BCUT2D eigenvalue weighted by Gasteiger charge is -2.42. The van der Waals surface area contributed by atoms with Crippen molar-refractivity contribution < 1.29 is 12.8 Å². The van der Waals surface area contributed by atoms with Crippen LogP contribution in [0.2, 0.25) is 5.02 Å². The van der Waals surface area contributed by atoms with E-state index in [2.05, 4.69) is 35.9 Å². The Kier molecular flexibility index (Phi) is 5.28. The molecule has 35 heavy (non-hydrogen) atoms. The zero-order chi connectivity index (χ0) is 24.4. The molecule has 0 radical (unpaired) electrons. The van der Waals surface area contributed by atoms with E-state index in [0.29, 0.717) is 47.3 Å². The lowest BCUT2D eigenvalue weighted by molar-refractivity contribution is 0.497. The van der Waals surface area contributed by atoms with Crippen LogP contribution in [0.5, 0.6) is 0 Å². The number of hydrogen-bond acceptors (Lipinski definition) is 7. The van der Waals surface area contributed by atoms with Gasteiger partial charge in [0.25, 0.3) is 10.0 Å². The summed E-state index contributed by atoms with van der Waals surface area (Å²) in [5, 5.41) is 5.69. The molecule has 8 nitrogen and oxygen atoms in total. The predicted molar refractivity (Wildman–Crippen MR) is 135 cm³/mol. The van der Waals surface area contributed by atoms with Crippen molar-refractivity contribution in [2.24, 2.45) is 0 Å². The van der Waals surface area contributed by atoms with Crippen LogP contribution in [0, 0.1) is 5.82 Å². The maximum Gasteiger partial charge on any atom is 0.283 e. The molecule has 2 aromatic heterocycles. The highest BCUT2D eigenvalue weighted by Crippen LogP contribution is 2.49. The number of benzene rings is 2. The Morgan fingerprint density at radius 3 is 2.43 bits per heavy atom. The Hall–Kier alpha value is -2.76. The number of hydrogen-bond donors (Lipinski definition) is 0. The number of piperazine rings is 1. The van der Waals surface area contributed by atoms with E-state index in [-0.39, 0.29) is 10.4 Å². The van der Waals surface area contributed by atoms with Crippen LogP contribution < -0.4 is 9.80 Å². The Balaban J connectivity index is 1.43. The zero-order valence-corrected chi connectivity index (χ0v) is 21.4. The van der Waals surface area contributed by atoms with E-state index in [1.165, 1.54) is 0 Å². The molecule has 1 spiro atoms. The maximum atomic E-state index is 13.6. The second-order valence-electron chi connectivity index (χ2n) is 8.76. The third-order valence-corrected chi connectivity index (χ3v) is 9.01. The Bertz CT molecular complexity index is 1540. The first-order valence-corrected chi connectivity index (χ1v) is 13.6. The second-order valence-corrected chi connectivity index (χ2v) is 11.8. The van der Waals surface area contributed by atoms with Crippen LogP contribution in [-0.2, 0) is 10.0 Å². The lowest BCUT2D eigenvalue weighted by atomic mass is 10.1.